The molecule has 1 aromatic carbocycles. The Morgan fingerprint density at radius 3 is 2.82 bits per heavy atom. The predicted molar refractivity (Wildman–Crippen MR) is 73.5 cm³/mol. The summed E-state index contributed by atoms with van der Waals surface area (Å²) >= 11 is 7.66. The molecule has 1 aliphatic rings. The van der Waals surface area contributed by atoms with Crippen LogP contribution in [0.4, 0.5) is 5.69 Å². The molecule has 0 aliphatic carbocycles. The van der Waals surface area contributed by atoms with Gasteiger partial charge in [-0.3, -0.25) is 4.79 Å². The largest absolute Gasteiger partial charge is 0.356 e. The number of allylic oxidation sites excluding steroid dienone is 2. The molecule has 0 radical (unpaired) electrons. The molecule has 0 saturated carbocycles. The molecular weight excluding hydrogens is 254 g/mol. The molecule has 2 nitrogen and oxygen atoms in total. The zero-order valence-electron chi connectivity index (χ0n) is 9.84. The van der Waals surface area contributed by atoms with Crippen LogP contribution in [0.15, 0.2) is 33.7 Å². The van der Waals surface area contributed by atoms with Crippen molar-refractivity contribution < 1.29 is 4.79 Å². The van der Waals surface area contributed by atoms with Crippen molar-refractivity contribution in [1.29, 1.82) is 0 Å². The third kappa shape index (κ3) is 2.35. The van der Waals surface area contributed by atoms with E-state index in [0.29, 0.717) is 11.4 Å². The number of carbonyl (C=O) groups excluding carboxylic acids is 1. The summed E-state index contributed by atoms with van der Waals surface area (Å²) < 4.78 is 0. The zero-order valence-corrected chi connectivity index (χ0v) is 11.4. The smallest absolute Gasteiger partial charge is 0.171 e. The van der Waals surface area contributed by atoms with Crippen molar-refractivity contribution in [1.82, 2.24) is 0 Å². The van der Waals surface area contributed by atoms with E-state index in [-0.39, 0.29) is 5.78 Å². The van der Waals surface area contributed by atoms with E-state index < -0.39 is 0 Å². The first kappa shape index (κ1) is 12.5. The fourth-order valence-corrected chi connectivity index (χ4v) is 3.21. The van der Waals surface area contributed by atoms with E-state index in [1.807, 2.05) is 32.0 Å². The number of hydrogen-bond donors (Lipinski definition) is 1. The van der Waals surface area contributed by atoms with Gasteiger partial charge in [0.05, 0.1) is 15.6 Å². The van der Waals surface area contributed by atoms with E-state index in [1.165, 1.54) is 11.8 Å². The normalized spacial score (nSPS) is 14.3. The number of fused-ring (bicyclic) bond motifs is 1. The summed E-state index contributed by atoms with van der Waals surface area (Å²) in [6.45, 7) is 3.92. The van der Waals surface area contributed by atoms with Crippen molar-refractivity contribution in [2.75, 3.05) is 5.32 Å². The second-order valence-corrected chi connectivity index (χ2v) is 5.24. The first-order valence-corrected chi connectivity index (χ1v) is 6.86. The number of nitrogens with one attached hydrogen (secondary N) is 1. The molecule has 0 saturated heterocycles. The van der Waals surface area contributed by atoms with Gasteiger partial charge in [0.1, 0.15) is 0 Å². The molecule has 17 heavy (non-hydrogen) atoms. The molecule has 90 valence electrons. The van der Waals surface area contributed by atoms with Crippen molar-refractivity contribution >= 4 is 34.8 Å². The second-order valence-electron chi connectivity index (χ2n) is 3.78. The number of rotatable bonds is 3. The highest BCUT2D eigenvalue weighted by Crippen LogP contribution is 2.44. The van der Waals surface area contributed by atoms with E-state index in [4.69, 9.17) is 11.6 Å². The van der Waals surface area contributed by atoms with Gasteiger partial charge in [-0.05, 0) is 18.6 Å². The summed E-state index contributed by atoms with van der Waals surface area (Å²) in [4.78, 5) is 13.7. The van der Waals surface area contributed by atoms with Gasteiger partial charge >= 0.3 is 0 Å². The van der Waals surface area contributed by atoms with E-state index in [2.05, 4.69) is 5.32 Å². The Bertz CT molecular complexity index is 496. The molecule has 0 atom stereocenters. The number of Topliss-reactive ketones (excluding diaryl/α,β-unsaturated/α-hetero) is 1. The summed E-state index contributed by atoms with van der Waals surface area (Å²) in [6.07, 6.45) is 1.34. The molecule has 1 aliphatic heterocycles. The van der Waals surface area contributed by atoms with E-state index >= 15 is 0 Å². The predicted octanol–water partition coefficient (Wildman–Crippen LogP) is 4.46. The molecule has 0 unspecified atom stereocenters. The van der Waals surface area contributed by atoms with Crippen LogP contribution in [0.3, 0.4) is 0 Å². The molecule has 0 aromatic heterocycles. The Morgan fingerprint density at radius 2 is 2.18 bits per heavy atom. The minimum Gasteiger partial charge on any atom is -0.356 e. The molecule has 0 spiro atoms. The fraction of sp³-hybridized carbons (Fsp3) is 0.308. The van der Waals surface area contributed by atoms with E-state index in [0.717, 1.165) is 27.6 Å². The van der Waals surface area contributed by atoms with Crippen LogP contribution in [0, 0.1) is 0 Å². The summed E-state index contributed by atoms with van der Waals surface area (Å²) in [5.74, 6) is 0.185. The number of halogens is 1. The summed E-state index contributed by atoms with van der Waals surface area (Å²) in [5.41, 5.74) is 1.89. The Morgan fingerprint density at radius 1 is 1.41 bits per heavy atom. The van der Waals surface area contributed by atoms with Crippen LogP contribution in [-0.2, 0) is 4.79 Å². The highest BCUT2D eigenvalue weighted by atomic mass is 35.5. The first-order valence-electron chi connectivity index (χ1n) is 5.67. The lowest BCUT2D eigenvalue weighted by Crippen LogP contribution is -2.12. The van der Waals surface area contributed by atoms with Crippen LogP contribution in [0.1, 0.15) is 26.7 Å². The topological polar surface area (TPSA) is 29.1 Å². The van der Waals surface area contributed by atoms with Crippen LogP contribution < -0.4 is 5.32 Å². The lowest BCUT2D eigenvalue weighted by Gasteiger charge is -2.23. The molecule has 0 fully saturated rings. The van der Waals surface area contributed by atoms with E-state index in [1.54, 1.807) is 0 Å². The Balaban J connectivity index is 2.44. The highest BCUT2D eigenvalue weighted by molar-refractivity contribution is 8.04. The molecular formula is C13H14ClNOS. The lowest BCUT2D eigenvalue weighted by atomic mass is 10.2. The quantitative estimate of drug-likeness (QED) is 0.877. The third-order valence-electron chi connectivity index (χ3n) is 2.67. The second kappa shape index (κ2) is 5.15. The van der Waals surface area contributed by atoms with Crippen LogP contribution in [0.25, 0.3) is 0 Å². The average molecular weight is 268 g/mol. The molecule has 0 bridgehead atoms. The van der Waals surface area contributed by atoms with Gasteiger partial charge in [-0.2, -0.15) is 0 Å². The van der Waals surface area contributed by atoms with Crippen LogP contribution in [-0.4, -0.2) is 5.78 Å². The number of hydrogen-bond acceptors (Lipinski definition) is 3. The van der Waals surface area contributed by atoms with Gasteiger partial charge in [0.15, 0.2) is 5.78 Å². The Labute approximate surface area is 110 Å². The summed E-state index contributed by atoms with van der Waals surface area (Å²) in [5, 5.41) is 3.98. The summed E-state index contributed by atoms with van der Waals surface area (Å²) in [6, 6.07) is 5.74. The molecule has 1 aromatic rings. The first-order chi connectivity index (χ1) is 8.17. The van der Waals surface area contributed by atoms with Crippen molar-refractivity contribution in [2.45, 2.75) is 31.6 Å². The monoisotopic (exact) mass is 267 g/mol. The maximum absolute atomic E-state index is 11.9. The minimum absolute atomic E-state index is 0.185. The van der Waals surface area contributed by atoms with Gasteiger partial charge < -0.3 is 5.32 Å². The van der Waals surface area contributed by atoms with Crippen molar-refractivity contribution in [3.8, 4) is 0 Å². The molecule has 4 heteroatoms. The number of para-hydroxylation sites is 1. The number of carbonyl (C=O) groups is 1. The van der Waals surface area contributed by atoms with Crippen molar-refractivity contribution in [2.24, 2.45) is 0 Å². The average Bonchev–Trinajstić information content (AvgIpc) is 2.37. The zero-order chi connectivity index (χ0) is 12.4. The number of benzene rings is 1. The fourth-order valence-electron chi connectivity index (χ4n) is 1.72. The lowest BCUT2D eigenvalue weighted by molar-refractivity contribution is -0.114. The summed E-state index contributed by atoms with van der Waals surface area (Å²) in [7, 11) is 0. The highest BCUT2D eigenvalue weighted by Gasteiger charge is 2.22. The standard InChI is InChI=1S/C13H14ClNOS/c1-3-9-13(10(16)4-2)17-11-7-5-6-8(14)12(11)15-9/h5-7,15H,3-4H2,1-2H3. The van der Waals surface area contributed by atoms with Crippen molar-refractivity contribution in [3.63, 3.8) is 0 Å². The van der Waals surface area contributed by atoms with Gasteiger partial charge in [0.25, 0.3) is 0 Å². The van der Waals surface area contributed by atoms with Crippen molar-refractivity contribution in [3.05, 3.63) is 33.8 Å². The Kier molecular flexibility index (Phi) is 3.79. The minimum atomic E-state index is 0.185. The molecule has 1 N–H and O–H groups in total. The maximum Gasteiger partial charge on any atom is 0.171 e. The van der Waals surface area contributed by atoms with Gasteiger partial charge in [0, 0.05) is 17.0 Å². The van der Waals surface area contributed by atoms with Gasteiger partial charge in [-0.25, -0.2) is 0 Å². The maximum atomic E-state index is 11.9. The number of anilines is 1. The van der Waals surface area contributed by atoms with Crippen LogP contribution in [0.5, 0.6) is 0 Å². The van der Waals surface area contributed by atoms with Gasteiger partial charge in [0.2, 0.25) is 0 Å². The van der Waals surface area contributed by atoms with Crippen LogP contribution in [0.2, 0.25) is 5.02 Å². The SMILES string of the molecule is CCC(=O)C1=C(CC)Nc2c(Cl)cccc2S1. The van der Waals surface area contributed by atoms with Gasteiger partial charge in [-0.15, -0.1) is 0 Å². The van der Waals surface area contributed by atoms with E-state index in [9.17, 15) is 4.79 Å². The van der Waals surface area contributed by atoms with Crippen LogP contribution >= 0.6 is 23.4 Å². The molecule has 1 heterocycles. The third-order valence-corrected chi connectivity index (χ3v) is 4.22. The number of ketones is 1. The molecule has 0 amide bonds. The van der Waals surface area contributed by atoms with Gasteiger partial charge in [-0.1, -0.05) is 43.3 Å². The number of thioether (sulfide) groups is 1. The Hall–Kier alpha value is -0.930. The molecule has 2 rings (SSSR count).